The van der Waals surface area contributed by atoms with Gasteiger partial charge in [0.15, 0.2) is 5.01 Å². The van der Waals surface area contributed by atoms with E-state index in [0.29, 0.717) is 48.8 Å². The van der Waals surface area contributed by atoms with E-state index in [1.165, 1.54) is 11.3 Å². The van der Waals surface area contributed by atoms with E-state index in [4.69, 9.17) is 4.74 Å². The number of benzene rings is 1. The maximum atomic E-state index is 14.8. The summed E-state index contributed by atoms with van der Waals surface area (Å²) in [5.74, 6) is -3.13. The van der Waals surface area contributed by atoms with Crippen molar-refractivity contribution in [1.29, 1.82) is 0 Å². The van der Waals surface area contributed by atoms with Crippen LogP contribution in [0.15, 0.2) is 41.8 Å². The van der Waals surface area contributed by atoms with Crippen molar-refractivity contribution in [3.05, 3.63) is 46.8 Å². The minimum atomic E-state index is -3.90. The fourth-order valence-electron chi connectivity index (χ4n) is 8.94. The summed E-state index contributed by atoms with van der Waals surface area (Å²) in [6.45, 7) is 7.34. The molecule has 3 aliphatic heterocycles. The maximum absolute atomic E-state index is 14.8. The van der Waals surface area contributed by atoms with E-state index in [1.807, 2.05) is 62.6 Å². The third-order valence-electron chi connectivity index (χ3n) is 12.2. The van der Waals surface area contributed by atoms with Gasteiger partial charge in [0.05, 0.1) is 18.1 Å². The van der Waals surface area contributed by atoms with E-state index in [0.717, 1.165) is 31.2 Å². The van der Waals surface area contributed by atoms with Crippen LogP contribution in [-0.4, -0.2) is 115 Å². The van der Waals surface area contributed by atoms with Crippen molar-refractivity contribution in [2.24, 2.45) is 29.1 Å². The molecule has 2 aromatic rings. The van der Waals surface area contributed by atoms with Gasteiger partial charge in [-0.15, -0.1) is 11.3 Å². The number of carbonyl (C=O) groups excluding carboxylic acids is 5. The molecule has 6 atom stereocenters. The number of sulfonamides is 1. The second-order valence-corrected chi connectivity index (χ2v) is 20.9. The zero-order chi connectivity index (χ0) is 41.6. The molecule has 0 unspecified atom stereocenters. The molecule has 14 nitrogen and oxygen atoms in total. The van der Waals surface area contributed by atoms with Crippen molar-refractivity contribution in [3.8, 4) is 17.0 Å². The van der Waals surface area contributed by atoms with E-state index in [-0.39, 0.29) is 55.0 Å². The van der Waals surface area contributed by atoms with Gasteiger partial charge in [0.25, 0.3) is 11.8 Å². The summed E-state index contributed by atoms with van der Waals surface area (Å²) in [7, 11) is -0.557. The Hall–Kier alpha value is -4.31. The number of nitrogens with zero attached hydrogens (tertiary/aromatic N) is 4. The van der Waals surface area contributed by atoms with E-state index < -0.39 is 56.4 Å². The zero-order valence-electron chi connectivity index (χ0n) is 34.1. The minimum absolute atomic E-state index is 0.00409. The van der Waals surface area contributed by atoms with Crippen LogP contribution in [0.25, 0.3) is 11.3 Å². The second kappa shape index (κ2) is 16.4. The van der Waals surface area contributed by atoms with Crippen molar-refractivity contribution in [2.45, 2.75) is 95.4 Å². The fourth-order valence-corrected chi connectivity index (χ4v) is 11.1. The van der Waals surface area contributed by atoms with Gasteiger partial charge in [-0.2, -0.15) is 0 Å². The van der Waals surface area contributed by atoms with Crippen LogP contribution in [0.3, 0.4) is 0 Å². The summed E-state index contributed by atoms with van der Waals surface area (Å²) in [4.78, 5) is 80.6. The number of methoxy groups -OCH3 is 1. The lowest BCUT2D eigenvalue weighted by atomic mass is 9.92. The molecule has 7 rings (SSSR count). The topological polar surface area (TPSA) is 175 Å². The first-order valence-corrected chi connectivity index (χ1v) is 22.9. The number of rotatable bonds is 9. The van der Waals surface area contributed by atoms with Crippen molar-refractivity contribution in [3.63, 3.8) is 0 Å². The monoisotopic (exact) mass is 836 g/mol. The average molecular weight is 837 g/mol. The lowest BCUT2D eigenvalue weighted by Gasteiger charge is -2.33. The molecule has 16 heteroatoms. The summed E-state index contributed by atoms with van der Waals surface area (Å²) in [5, 5.41) is 4.48. The quantitative estimate of drug-likeness (QED) is 0.351. The van der Waals surface area contributed by atoms with E-state index in [2.05, 4.69) is 15.0 Å². The Morgan fingerprint density at radius 1 is 1.05 bits per heavy atom. The van der Waals surface area contributed by atoms with Crippen LogP contribution in [0.1, 0.15) is 88.4 Å². The number of amides is 5. The van der Waals surface area contributed by atoms with Gasteiger partial charge in [-0.05, 0) is 68.2 Å². The van der Waals surface area contributed by atoms with Gasteiger partial charge in [0, 0.05) is 74.3 Å². The number of hydrogen-bond donors (Lipinski definition) is 2. The molecule has 1 aromatic carbocycles. The highest BCUT2D eigenvalue weighted by Gasteiger charge is 2.63. The zero-order valence-corrected chi connectivity index (χ0v) is 35.7. The summed E-state index contributed by atoms with van der Waals surface area (Å²) in [6, 6.07) is 6.36. The number of likely N-dealkylation sites (tertiary alicyclic amines) is 1. The van der Waals surface area contributed by atoms with Crippen molar-refractivity contribution in [2.75, 3.05) is 40.3 Å². The Labute approximate surface area is 345 Å². The van der Waals surface area contributed by atoms with Crippen LogP contribution in [-0.2, 0) is 29.2 Å². The van der Waals surface area contributed by atoms with Gasteiger partial charge in [-0.3, -0.25) is 28.7 Å². The largest absolute Gasteiger partial charge is 0.497 e. The van der Waals surface area contributed by atoms with Crippen LogP contribution in [0.5, 0.6) is 5.75 Å². The lowest BCUT2D eigenvalue weighted by molar-refractivity contribution is -0.146. The smallest absolute Gasteiger partial charge is 0.282 e. The van der Waals surface area contributed by atoms with Gasteiger partial charge in [0.1, 0.15) is 17.3 Å². The number of allylic oxidation sites excluding steroid dienone is 1. The van der Waals surface area contributed by atoms with Crippen LogP contribution >= 0.6 is 11.3 Å². The highest BCUT2D eigenvalue weighted by molar-refractivity contribution is 7.91. The Kier molecular flexibility index (Phi) is 11.8. The van der Waals surface area contributed by atoms with E-state index in [1.54, 1.807) is 28.9 Å². The van der Waals surface area contributed by atoms with Crippen LogP contribution in [0, 0.1) is 29.1 Å². The third-order valence-corrected chi connectivity index (χ3v) is 14.9. The van der Waals surface area contributed by atoms with Crippen molar-refractivity contribution >= 4 is 50.9 Å². The molecule has 2 saturated heterocycles. The molecule has 0 spiro atoms. The number of ether oxygens (including phenoxy) is 1. The van der Waals surface area contributed by atoms with Gasteiger partial charge in [-0.1, -0.05) is 45.8 Å². The Morgan fingerprint density at radius 2 is 1.79 bits per heavy atom. The lowest BCUT2D eigenvalue weighted by Crippen LogP contribution is -2.58. The highest BCUT2D eigenvalue weighted by Crippen LogP contribution is 2.47. The molecule has 2 aliphatic carbocycles. The van der Waals surface area contributed by atoms with E-state index >= 15 is 0 Å². The van der Waals surface area contributed by atoms with Crippen LogP contribution in [0.2, 0.25) is 0 Å². The molecule has 4 fully saturated rings. The van der Waals surface area contributed by atoms with Gasteiger partial charge in [-0.25, -0.2) is 13.4 Å². The fraction of sp³-hybridized carbons (Fsp3) is 0.619. The normalized spacial score (nSPS) is 28.3. The predicted octanol–water partition coefficient (Wildman–Crippen LogP) is 4.23. The van der Waals surface area contributed by atoms with Gasteiger partial charge >= 0.3 is 0 Å². The molecule has 2 saturated carbocycles. The summed E-state index contributed by atoms with van der Waals surface area (Å²) >= 11 is 1.24. The van der Waals surface area contributed by atoms with Crippen LogP contribution < -0.4 is 14.8 Å². The summed E-state index contributed by atoms with van der Waals surface area (Å²) in [6.07, 6.45) is 8.63. The first-order valence-electron chi connectivity index (χ1n) is 20.5. The first-order chi connectivity index (χ1) is 27.5. The van der Waals surface area contributed by atoms with Gasteiger partial charge < -0.3 is 24.8 Å². The average Bonchev–Trinajstić information content (AvgIpc) is 3.99. The number of carbonyl (C=O) groups is 5. The first kappa shape index (κ1) is 41.8. The number of aromatic nitrogens is 1. The molecule has 1 aromatic heterocycles. The predicted molar refractivity (Wildman–Crippen MR) is 219 cm³/mol. The number of nitrogens with one attached hydrogen (secondary N) is 2. The maximum Gasteiger partial charge on any atom is 0.282 e. The Bertz CT molecular complexity index is 2060. The number of fused-ring (bicyclic) bond motifs is 4. The Morgan fingerprint density at radius 3 is 2.48 bits per heavy atom. The molecule has 2 N–H and O–H groups in total. The molecule has 58 heavy (non-hydrogen) atoms. The highest BCUT2D eigenvalue weighted by atomic mass is 32.2. The second-order valence-electron chi connectivity index (χ2n) is 18.1. The molecule has 5 aliphatic rings. The molecule has 0 radical (unpaired) electrons. The molecular weight excluding hydrogens is 781 g/mol. The molecule has 314 valence electrons. The SMILES string of the molecule is COc1ccc(-c2csc(C(=O)N3C[C@H]4CN5C(=O)[C@@H](CC(=O)N(C)CC(C)(C)C)CCCCC/C=C\[C@@H]6C[C@@]6(C(=O)NS(=O)(=O)C6CC6)NC(=O)[C@@H]5[C@H]4C3)n2)cc1. The standard InChI is InChI=1S/C42H56N6O8S2/c1-41(2,3)25-46(4)34(49)19-27-11-9-7-6-8-10-12-29-20-42(29,40(53)45-58(54,55)31-17-18-31)44-36(50)35-32-23-47(21-28(32)22-48(35)38(27)51)39(52)37-43-33(24-57-37)26-13-15-30(56-5)16-14-26/h10,12-16,24,27-29,31-32,35H,6-9,11,17-23,25H2,1-5H3,(H,44,50)(H,45,53)/b12-10-/t27-,28+,29-,32+,35+,42-/m1/s1. The molecule has 5 amide bonds. The number of hydrogen-bond acceptors (Lipinski definition) is 10. The summed E-state index contributed by atoms with van der Waals surface area (Å²) < 4.78 is 33.4. The van der Waals surface area contributed by atoms with Crippen molar-refractivity contribution < 1.29 is 37.1 Å². The van der Waals surface area contributed by atoms with Crippen LogP contribution in [0.4, 0.5) is 0 Å². The molecular formula is C42H56N6O8S2. The Balaban J connectivity index is 1.16. The van der Waals surface area contributed by atoms with Gasteiger partial charge in [0.2, 0.25) is 27.7 Å². The van der Waals surface area contributed by atoms with Crippen molar-refractivity contribution in [1.82, 2.24) is 29.7 Å². The molecule has 0 bridgehead atoms. The van der Waals surface area contributed by atoms with E-state index in [9.17, 15) is 32.4 Å². The minimum Gasteiger partial charge on any atom is -0.497 e. The summed E-state index contributed by atoms with van der Waals surface area (Å²) in [5.41, 5.74) is -0.147. The third kappa shape index (κ3) is 8.97. The molecule has 4 heterocycles. The number of thiazole rings is 1.